The monoisotopic (exact) mass is 163 g/mol. The molecule has 2 nitrogen and oxygen atoms in total. The summed E-state index contributed by atoms with van der Waals surface area (Å²) < 4.78 is 0. The van der Waals surface area contributed by atoms with Crippen LogP contribution in [-0.4, -0.2) is 11.3 Å². The molecule has 0 radical (unpaired) electrons. The second-order valence-corrected chi connectivity index (χ2v) is 2.85. The number of phenolic OH excluding ortho intramolecular Hbond substituents is 1. The van der Waals surface area contributed by atoms with Crippen LogP contribution in [0.2, 0.25) is 0 Å². The first-order chi connectivity index (χ1) is 5.69. The van der Waals surface area contributed by atoms with Crippen molar-refractivity contribution in [3.8, 4) is 5.75 Å². The first-order valence-electron chi connectivity index (χ1n) is 4.02. The summed E-state index contributed by atoms with van der Waals surface area (Å²) in [4.78, 5) is 0. The molecule has 2 heteroatoms. The number of phenols is 1. The van der Waals surface area contributed by atoms with Gasteiger partial charge in [0.05, 0.1) is 0 Å². The van der Waals surface area contributed by atoms with E-state index < -0.39 is 0 Å². The Labute approximate surface area is 72.4 Å². The highest BCUT2D eigenvalue weighted by molar-refractivity contribution is 5.82. The Morgan fingerprint density at radius 1 is 1.50 bits per heavy atom. The van der Waals surface area contributed by atoms with Crippen LogP contribution in [0.1, 0.15) is 23.6 Å². The quantitative estimate of drug-likeness (QED) is 0.645. The van der Waals surface area contributed by atoms with Crippen molar-refractivity contribution in [2.45, 2.75) is 20.3 Å². The highest BCUT2D eigenvalue weighted by Gasteiger charge is 2.03. The van der Waals surface area contributed by atoms with Crippen LogP contribution in [0.25, 0.3) is 0 Å². The molecule has 0 atom stereocenters. The Balaban J connectivity index is 3.28. The molecule has 0 amide bonds. The van der Waals surface area contributed by atoms with Crippen molar-refractivity contribution in [2.24, 2.45) is 0 Å². The van der Waals surface area contributed by atoms with Gasteiger partial charge in [-0.1, -0.05) is 13.0 Å². The lowest BCUT2D eigenvalue weighted by Crippen LogP contribution is -1.89. The van der Waals surface area contributed by atoms with Crippen LogP contribution in [0, 0.1) is 12.3 Å². The van der Waals surface area contributed by atoms with E-state index in [0.29, 0.717) is 5.56 Å². The summed E-state index contributed by atoms with van der Waals surface area (Å²) in [5, 5.41) is 16.5. The molecule has 0 spiro atoms. The number of aryl methyl sites for hydroxylation is 2. The normalized spacial score (nSPS) is 9.83. The van der Waals surface area contributed by atoms with Gasteiger partial charge in [-0.3, -0.25) is 0 Å². The van der Waals surface area contributed by atoms with Crippen molar-refractivity contribution in [3.05, 3.63) is 28.8 Å². The summed E-state index contributed by atoms with van der Waals surface area (Å²) in [6, 6.07) is 3.79. The van der Waals surface area contributed by atoms with Gasteiger partial charge in [0.2, 0.25) is 0 Å². The average Bonchev–Trinajstić information content (AvgIpc) is 2.09. The maximum atomic E-state index is 9.47. The van der Waals surface area contributed by atoms with Crippen LogP contribution < -0.4 is 0 Å². The highest BCUT2D eigenvalue weighted by Crippen LogP contribution is 2.22. The summed E-state index contributed by atoms with van der Waals surface area (Å²) in [5.41, 5.74) is 2.60. The molecule has 2 N–H and O–H groups in total. The van der Waals surface area contributed by atoms with Gasteiger partial charge in [-0.2, -0.15) is 0 Å². The van der Waals surface area contributed by atoms with Crippen molar-refractivity contribution in [1.29, 1.82) is 5.41 Å². The lowest BCUT2D eigenvalue weighted by atomic mass is 10.0. The van der Waals surface area contributed by atoms with E-state index in [9.17, 15) is 5.11 Å². The van der Waals surface area contributed by atoms with Crippen molar-refractivity contribution in [3.63, 3.8) is 0 Å². The zero-order chi connectivity index (χ0) is 9.14. The predicted octanol–water partition coefficient (Wildman–Crippen LogP) is 2.26. The fourth-order valence-corrected chi connectivity index (χ4v) is 1.20. The molecule has 1 rings (SSSR count). The maximum absolute atomic E-state index is 9.47. The number of aromatic hydroxyl groups is 1. The predicted molar refractivity (Wildman–Crippen MR) is 50.1 cm³/mol. The average molecular weight is 163 g/mol. The standard InChI is InChI=1S/C10H13NO/c1-3-8-4-7(2)10(12)9(5-8)6-11/h4-6,11-12H,3H2,1-2H3. The molecular formula is C10H13NO. The van der Waals surface area contributed by atoms with E-state index in [-0.39, 0.29) is 5.75 Å². The topological polar surface area (TPSA) is 44.1 Å². The molecule has 0 saturated heterocycles. The Bertz CT molecular complexity index is 305. The molecule has 0 unspecified atom stereocenters. The molecule has 0 fully saturated rings. The van der Waals surface area contributed by atoms with Crippen LogP contribution in [0.5, 0.6) is 5.75 Å². The molecule has 0 bridgehead atoms. The Morgan fingerprint density at radius 2 is 2.17 bits per heavy atom. The van der Waals surface area contributed by atoms with Crippen LogP contribution in [0.15, 0.2) is 12.1 Å². The summed E-state index contributed by atoms with van der Waals surface area (Å²) >= 11 is 0. The third-order valence-electron chi connectivity index (χ3n) is 1.95. The van der Waals surface area contributed by atoms with E-state index in [0.717, 1.165) is 17.5 Å². The number of hydrogen-bond donors (Lipinski definition) is 2. The second-order valence-electron chi connectivity index (χ2n) is 2.85. The van der Waals surface area contributed by atoms with Crippen LogP contribution >= 0.6 is 0 Å². The van der Waals surface area contributed by atoms with E-state index >= 15 is 0 Å². The van der Waals surface area contributed by atoms with Gasteiger partial charge in [-0.25, -0.2) is 0 Å². The van der Waals surface area contributed by atoms with E-state index in [2.05, 4.69) is 6.92 Å². The third-order valence-corrected chi connectivity index (χ3v) is 1.95. The first kappa shape index (κ1) is 8.78. The van der Waals surface area contributed by atoms with Gasteiger partial charge in [0, 0.05) is 11.8 Å². The molecule has 0 aliphatic heterocycles. The highest BCUT2D eigenvalue weighted by atomic mass is 16.3. The molecule has 0 aliphatic rings. The molecular weight excluding hydrogens is 150 g/mol. The van der Waals surface area contributed by atoms with E-state index in [1.165, 1.54) is 6.21 Å². The summed E-state index contributed by atoms with van der Waals surface area (Å²) in [6.45, 7) is 3.90. The zero-order valence-corrected chi connectivity index (χ0v) is 7.39. The first-order valence-corrected chi connectivity index (χ1v) is 4.02. The molecule has 1 aromatic rings. The summed E-state index contributed by atoms with van der Waals surface area (Å²) in [7, 11) is 0. The van der Waals surface area contributed by atoms with Crippen LogP contribution in [-0.2, 0) is 6.42 Å². The molecule has 64 valence electrons. The van der Waals surface area contributed by atoms with Gasteiger partial charge in [-0.05, 0) is 30.5 Å². The number of benzene rings is 1. The van der Waals surface area contributed by atoms with E-state index in [1.54, 1.807) is 0 Å². The second kappa shape index (κ2) is 3.39. The van der Waals surface area contributed by atoms with Gasteiger partial charge >= 0.3 is 0 Å². The van der Waals surface area contributed by atoms with E-state index in [1.807, 2.05) is 19.1 Å². The fraction of sp³-hybridized carbons (Fsp3) is 0.300. The Kier molecular flexibility index (Phi) is 2.48. The van der Waals surface area contributed by atoms with Crippen molar-refractivity contribution in [2.75, 3.05) is 0 Å². The third kappa shape index (κ3) is 1.47. The van der Waals surface area contributed by atoms with Gasteiger partial charge in [0.1, 0.15) is 5.75 Å². The van der Waals surface area contributed by atoms with Crippen LogP contribution in [0.4, 0.5) is 0 Å². The maximum Gasteiger partial charge on any atom is 0.127 e. The van der Waals surface area contributed by atoms with Crippen molar-refractivity contribution >= 4 is 6.21 Å². The Hall–Kier alpha value is -1.31. The molecule has 12 heavy (non-hydrogen) atoms. The molecule has 0 aromatic heterocycles. The summed E-state index contributed by atoms with van der Waals surface area (Å²) in [6.07, 6.45) is 2.11. The fourth-order valence-electron chi connectivity index (χ4n) is 1.20. The minimum atomic E-state index is 0.224. The Morgan fingerprint density at radius 3 is 2.67 bits per heavy atom. The molecule has 0 heterocycles. The molecule has 1 aromatic carbocycles. The number of hydrogen-bond acceptors (Lipinski definition) is 2. The minimum Gasteiger partial charge on any atom is -0.507 e. The summed E-state index contributed by atoms with van der Waals surface area (Å²) in [5.74, 6) is 0.224. The van der Waals surface area contributed by atoms with Crippen molar-refractivity contribution in [1.82, 2.24) is 0 Å². The number of rotatable bonds is 2. The van der Waals surface area contributed by atoms with Gasteiger partial charge in [0.25, 0.3) is 0 Å². The molecule has 0 saturated carbocycles. The lowest BCUT2D eigenvalue weighted by molar-refractivity contribution is 0.470. The molecule has 0 aliphatic carbocycles. The van der Waals surface area contributed by atoms with Gasteiger partial charge in [0.15, 0.2) is 0 Å². The smallest absolute Gasteiger partial charge is 0.127 e. The van der Waals surface area contributed by atoms with Crippen molar-refractivity contribution < 1.29 is 5.11 Å². The minimum absolute atomic E-state index is 0.224. The number of nitrogens with one attached hydrogen (secondary N) is 1. The zero-order valence-electron chi connectivity index (χ0n) is 7.39. The largest absolute Gasteiger partial charge is 0.507 e. The lowest BCUT2D eigenvalue weighted by Gasteiger charge is -2.05. The van der Waals surface area contributed by atoms with E-state index in [4.69, 9.17) is 5.41 Å². The SMILES string of the molecule is CCc1cc(C)c(O)c(C=N)c1. The van der Waals surface area contributed by atoms with Gasteiger partial charge < -0.3 is 10.5 Å². The van der Waals surface area contributed by atoms with Crippen LogP contribution in [0.3, 0.4) is 0 Å². The van der Waals surface area contributed by atoms with Gasteiger partial charge in [-0.15, -0.1) is 0 Å².